The first-order valence-corrected chi connectivity index (χ1v) is 9.90. The van der Waals surface area contributed by atoms with Gasteiger partial charge in [-0.15, -0.1) is 16.4 Å². The average molecular weight is 396 g/mol. The molecule has 7 nitrogen and oxygen atoms in total. The zero-order valence-electron chi connectivity index (χ0n) is 15.6. The standard InChI is InChI=1S/C20H20N4O3S/c1-12-8-23(19(25)16-7-13(2)28-11-16)10-18(12)24-9-17(21-22-24)14-3-5-15(6-4-14)20(26)27/h3-7,9,11-12,18H,8,10H2,1-2H3,(H,26,27)/t12-,18-/m1/s1. The molecule has 0 unspecified atom stereocenters. The van der Waals surface area contributed by atoms with Crippen LogP contribution < -0.4 is 0 Å². The quantitative estimate of drug-likeness (QED) is 0.731. The Morgan fingerprint density at radius 2 is 1.93 bits per heavy atom. The Hall–Kier alpha value is -3.00. The number of aryl methyl sites for hydroxylation is 1. The van der Waals surface area contributed by atoms with E-state index in [0.717, 1.165) is 16.0 Å². The van der Waals surface area contributed by atoms with Crippen LogP contribution in [-0.2, 0) is 0 Å². The Morgan fingerprint density at radius 3 is 2.57 bits per heavy atom. The fourth-order valence-electron chi connectivity index (χ4n) is 3.55. The van der Waals surface area contributed by atoms with Gasteiger partial charge >= 0.3 is 5.97 Å². The van der Waals surface area contributed by atoms with Crippen molar-refractivity contribution in [3.8, 4) is 11.3 Å². The van der Waals surface area contributed by atoms with Gasteiger partial charge in [0.1, 0.15) is 5.69 Å². The number of carbonyl (C=O) groups excluding carboxylic acids is 1. The van der Waals surface area contributed by atoms with Gasteiger partial charge in [0.05, 0.1) is 23.4 Å². The highest BCUT2D eigenvalue weighted by Gasteiger charge is 2.35. The zero-order valence-corrected chi connectivity index (χ0v) is 16.4. The summed E-state index contributed by atoms with van der Waals surface area (Å²) in [6, 6.07) is 8.55. The van der Waals surface area contributed by atoms with E-state index < -0.39 is 5.97 Å². The molecular weight excluding hydrogens is 376 g/mol. The van der Waals surface area contributed by atoms with Crippen LogP contribution in [-0.4, -0.2) is 50.0 Å². The molecule has 0 bridgehead atoms. The number of thiophene rings is 1. The van der Waals surface area contributed by atoms with Crippen molar-refractivity contribution in [2.24, 2.45) is 5.92 Å². The van der Waals surface area contributed by atoms with Crippen molar-refractivity contribution in [1.82, 2.24) is 19.9 Å². The third kappa shape index (κ3) is 3.43. The molecule has 2 aromatic heterocycles. The number of aromatic nitrogens is 3. The summed E-state index contributed by atoms with van der Waals surface area (Å²) in [5.41, 5.74) is 2.47. The van der Waals surface area contributed by atoms with Gasteiger partial charge in [0.25, 0.3) is 5.91 Å². The number of rotatable bonds is 4. The lowest BCUT2D eigenvalue weighted by atomic mass is 10.1. The topological polar surface area (TPSA) is 88.3 Å². The van der Waals surface area contributed by atoms with Crippen molar-refractivity contribution >= 4 is 23.2 Å². The van der Waals surface area contributed by atoms with Gasteiger partial charge in [-0.1, -0.05) is 24.3 Å². The van der Waals surface area contributed by atoms with Gasteiger partial charge < -0.3 is 10.0 Å². The van der Waals surface area contributed by atoms with E-state index in [1.807, 2.05) is 34.1 Å². The van der Waals surface area contributed by atoms with Crippen LogP contribution in [0, 0.1) is 12.8 Å². The minimum atomic E-state index is -0.958. The number of likely N-dealkylation sites (tertiary alicyclic amines) is 1. The lowest BCUT2D eigenvalue weighted by Gasteiger charge is -2.15. The number of benzene rings is 1. The highest BCUT2D eigenvalue weighted by Crippen LogP contribution is 2.30. The molecule has 1 N–H and O–H groups in total. The summed E-state index contributed by atoms with van der Waals surface area (Å²) in [5.74, 6) is -0.642. The molecule has 2 atom stereocenters. The van der Waals surface area contributed by atoms with Crippen LogP contribution in [0.25, 0.3) is 11.3 Å². The first-order valence-electron chi connectivity index (χ1n) is 9.02. The Bertz CT molecular complexity index is 1020. The van der Waals surface area contributed by atoms with Crippen molar-refractivity contribution < 1.29 is 14.7 Å². The number of carboxylic acid groups (broad SMARTS) is 1. The molecule has 1 aliphatic heterocycles. The largest absolute Gasteiger partial charge is 0.478 e. The second-order valence-corrected chi connectivity index (χ2v) is 8.28. The van der Waals surface area contributed by atoms with Crippen molar-refractivity contribution in [1.29, 1.82) is 0 Å². The summed E-state index contributed by atoms with van der Waals surface area (Å²) in [5, 5.41) is 19.4. The lowest BCUT2D eigenvalue weighted by molar-refractivity contribution is 0.0696. The summed E-state index contributed by atoms with van der Waals surface area (Å²) in [6.45, 7) is 5.38. The van der Waals surface area contributed by atoms with Crippen LogP contribution in [0.15, 0.2) is 41.9 Å². The second-order valence-electron chi connectivity index (χ2n) is 7.17. The molecule has 0 radical (unpaired) electrons. The second kappa shape index (κ2) is 7.20. The summed E-state index contributed by atoms with van der Waals surface area (Å²) in [6.07, 6.45) is 1.86. The lowest BCUT2D eigenvalue weighted by Crippen LogP contribution is -2.29. The molecule has 1 saturated heterocycles. The molecule has 0 aliphatic carbocycles. The van der Waals surface area contributed by atoms with E-state index in [2.05, 4.69) is 17.2 Å². The third-order valence-electron chi connectivity index (χ3n) is 5.12. The van der Waals surface area contributed by atoms with E-state index in [4.69, 9.17) is 5.11 Å². The monoisotopic (exact) mass is 396 g/mol. The maximum Gasteiger partial charge on any atom is 0.335 e. The molecule has 1 aliphatic rings. The minimum Gasteiger partial charge on any atom is -0.478 e. The van der Waals surface area contributed by atoms with Crippen LogP contribution in [0.3, 0.4) is 0 Å². The van der Waals surface area contributed by atoms with E-state index in [1.165, 1.54) is 0 Å². The van der Waals surface area contributed by atoms with Gasteiger partial charge in [0, 0.05) is 28.9 Å². The molecule has 3 heterocycles. The van der Waals surface area contributed by atoms with Gasteiger partial charge in [-0.2, -0.15) is 0 Å². The van der Waals surface area contributed by atoms with Crippen LogP contribution in [0.2, 0.25) is 0 Å². The van der Waals surface area contributed by atoms with Crippen LogP contribution in [0.4, 0.5) is 0 Å². The fraction of sp³-hybridized carbons (Fsp3) is 0.300. The fourth-order valence-corrected chi connectivity index (χ4v) is 4.23. The minimum absolute atomic E-state index is 0.0585. The average Bonchev–Trinajstić information content (AvgIpc) is 3.40. The molecule has 8 heteroatoms. The van der Waals surface area contributed by atoms with Gasteiger partial charge in [-0.3, -0.25) is 4.79 Å². The summed E-state index contributed by atoms with van der Waals surface area (Å²) < 4.78 is 1.82. The van der Waals surface area contributed by atoms with E-state index in [1.54, 1.807) is 35.6 Å². The van der Waals surface area contributed by atoms with E-state index >= 15 is 0 Å². The molecule has 28 heavy (non-hydrogen) atoms. The maximum atomic E-state index is 12.7. The number of aromatic carboxylic acids is 1. The van der Waals surface area contributed by atoms with Crippen LogP contribution >= 0.6 is 11.3 Å². The van der Waals surface area contributed by atoms with Crippen molar-refractivity contribution in [2.75, 3.05) is 13.1 Å². The Kier molecular flexibility index (Phi) is 4.72. The number of amides is 1. The third-order valence-corrected chi connectivity index (χ3v) is 5.98. The molecule has 144 valence electrons. The molecule has 3 aromatic rings. The molecule has 1 fully saturated rings. The first-order chi connectivity index (χ1) is 13.4. The highest BCUT2D eigenvalue weighted by atomic mass is 32.1. The van der Waals surface area contributed by atoms with Gasteiger partial charge in [-0.25, -0.2) is 9.48 Å². The molecule has 4 rings (SSSR count). The van der Waals surface area contributed by atoms with Crippen molar-refractivity contribution in [3.63, 3.8) is 0 Å². The number of nitrogens with zero attached hydrogens (tertiary/aromatic N) is 4. The van der Waals surface area contributed by atoms with Gasteiger partial charge in [0.2, 0.25) is 0 Å². The van der Waals surface area contributed by atoms with E-state index in [9.17, 15) is 9.59 Å². The molecule has 0 spiro atoms. The van der Waals surface area contributed by atoms with Crippen LogP contribution in [0.5, 0.6) is 0 Å². The molecule has 0 saturated carbocycles. The van der Waals surface area contributed by atoms with Crippen molar-refractivity contribution in [2.45, 2.75) is 19.9 Å². The zero-order chi connectivity index (χ0) is 19.8. The van der Waals surface area contributed by atoms with E-state index in [0.29, 0.717) is 18.8 Å². The smallest absolute Gasteiger partial charge is 0.335 e. The number of carboxylic acids is 1. The predicted octanol–water partition coefficient (Wildman–Crippen LogP) is 3.35. The Morgan fingerprint density at radius 1 is 1.18 bits per heavy atom. The van der Waals surface area contributed by atoms with Crippen LogP contribution in [0.1, 0.15) is 38.6 Å². The summed E-state index contributed by atoms with van der Waals surface area (Å²) in [4.78, 5) is 26.7. The number of hydrogen-bond donors (Lipinski definition) is 1. The Balaban J connectivity index is 1.50. The first kappa shape index (κ1) is 18.4. The number of hydrogen-bond acceptors (Lipinski definition) is 5. The van der Waals surface area contributed by atoms with Crippen molar-refractivity contribution in [3.05, 3.63) is 57.9 Å². The molecule has 1 aromatic carbocycles. The molecule has 1 amide bonds. The maximum absolute atomic E-state index is 12.7. The molecular formula is C20H20N4O3S. The predicted molar refractivity (Wildman–Crippen MR) is 106 cm³/mol. The summed E-state index contributed by atoms with van der Waals surface area (Å²) in [7, 11) is 0. The SMILES string of the molecule is Cc1cc(C(=O)N2C[C@@H](C)[C@H](n3cc(-c4ccc(C(=O)O)cc4)nn3)C2)cs1. The normalized spacial score (nSPS) is 19.1. The summed E-state index contributed by atoms with van der Waals surface area (Å²) >= 11 is 1.58. The Labute approximate surface area is 166 Å². The number of carbonyl (C=O) groups is 2. The highest BCUT2D eigenvalue weighted by molar-refractivity contribution is 7.10. The van der Waals surface area contributed by atoms with Gasteiger partial charge in [-0.05, 0) is 31.0 Å². The van der Waals surface area contributed by atoms with Gasteiger partial charge in [0.15, 0.2) is 0 Å². The van der Waals surface area contributed by atoms with E-state index in [-0.39, 0.29) is 23.4 Å².